The van der Waals surface area contributed by atoms with Crippen LogP contribution in [0.4, 0.5) is 0 Å². The number of aldehydes is 1. The van der Waals surface area contributed by atoms with Gasteiger partial charge in [0.2, 0.25) is 0 Å². The van der Waals surface area contributed by atoms with Gasteiger partial charge < -0.3 is 9.90 Å². The Morgan fingerprint density at radius 3 is 2.60 bits per heavy atom. The molecule has 1 N–H and O–H groups in total. The number of carboxylic acid groups (broad SMARTS) is 1. The molecule has 0 aliphatic heterocycles. The van der Waals surface area contributed by atoms with Gasteiger partial charge in [0, 0.05) is 6.42 Å². The van der Waals surface area contributed by atoms with Crippen molar-refractivity contribution in [2.24, 2.45) is 5.92 Å². The normalized spacial score (nSPS) is 12.5. The summed E-state index contributed by atoms with van der Waals surface area (Å²) in [5.41, 5.74) is 0. The smallest absolute Gasteiger partial charge is 0.306 e. The highest BCUT2D eigenvalue weighted by Gasteiger charge is 2.14. The van der Waals surface area contributed by atoms with E-state index in [-0.39, 0.29) is 6.42 Å². The van der Waals surface area contributed by atoms with Crippen LogP contribution in [0.1, 0.15) is 26.2 Å². The molecule has 10 heavy (non-hydrogen) atoms. The molecule has 0 saturated heterocycles. The molecule has 0 fully saturated rings. The molecule has 0 saturated carbocycles. The zero-order chi connectivity index (χ0) is 7.98. The average Bonchev–Trinajstić information content (AvgIpc) is 1.87. The summed E-state index contributed by atoms with van der Waals surface area (Å²) in [6.07, 6.45) is 2.20. The second-order valence-corrected chi connectivity index (χ2v) is 2.23. The van der Waals surface area contributed by atoms with Gasteiger partial charge in [-0.15, -0.1) is 0 Å². The summed E-state index contributed by atoms with van der Waals surface area (Å²) < 4.78 is 0. The van der Waals surface area contributed by atoms with Gasteiger partial charge in [0.05, 0.1) is 5.92 Å². The minimum atomic E-state index is -0.867. The summed E-state index contributed by atoms with van der Waals surface area (Å²) in [5, 5.41) is 8.48. The Morgan fingerprint density at radius 1 is 1.70 bits per heavy atom. The lowest BCUT2D eigenvalue weighted by Crippen LogP contribution is -2.13. The second kappa shape index (κ2) is 4.97. The van der Waals surface area contributed by atoms with Crippen LogP contribution >= 0.6 is 0 Å². The summed E-state index contributed by atoms with van der Waals surface area (Å²) in [6.45, 7) is 1.90. The number of carbonyl (C=O) groups excluding carboxylic acids is 1. The van der Waals surface area contributed by atoms with Crippen molar-refractivity contribution in [3.05, 3.63) is 0 Å². The molecular formula is C7H12O3. The minimum Gasteiger partial charge on any atom is -0.481 e. The van der Waals surface area contributed by atoms with Crippen molar-refractivity contribution >= 4 is 12.3 Å². The van der Waals surface area contributed by atoms with Crippen molar-refractivity contribution in [2.75, 3.05) is 0 Å². The molecule has 0 aromatic carbocycles. The zero-order valence-electron chi connectivity index (χ0n) is 6.04. The fourth-order valence-electron chi connectivity index (χ4n) is 0.807. The molecule has 0 rings (SSSR count). The molecule has 1 atom stereocenters. The van der Waals surface area contributed by atoms with E-state index in [9.17, 15) is 9.59 Å². The first-order valence-electron chi connectivity index (χ1n) is 3.38. The maximum Gasteiger partial charge on any atom is 0.306 e. The van der Waals surface area contributed by atoms with Gasteiger partial charge in [-0.1, -0.05) is 13.3 Å². The van der Waals surface area contributed by atoms with E-state index in [1.54, 1.807) is 0 Å². The number of rotatable bonds is 5. The van der Waals surface area contributed by atoms with Gasteiger partial charge in [-0.2, -0.15) is 0 Å². The van der Waals surface area contributed by atoms with E-state index in [4.69, 9.17) is 5.11 Å². The van der Waals surface area contributed by atoms with Crippen LogP contribution in [-0.4, -0.2) is 17.4 Å². The standard InChI is InChI=1S/C7H12O3/c1-2-3-6(4-5-8)7(9)10/h5-6H,2-4H2,1H3,(H,9,10)/t6-/m0/s1. The number of aliphatic carboxylic acids is 1. The van der Waals surface area contributed by atoms with Gasteiger partial charge in [-0.25, -0.2) is 0 Å². The average molecular weight is 144 g/mol. The van der Waals surface area contributed by atoms with E-state index in [0.29, 0.717) is 12.7 Å². The molecule has 0 unspecified atom stereocenters. The Morgan fingerprint density at radius 2 is 2.30 bits per heavy atom. The lowest BCUT2D eigenvalue weighted by molar-refractivity contribution is -0.143. The molecule has 58 valence electrons. The number of carboxylic acids is 1. The van der Waals surface area contributed by atoms with Crippen LogP contribution in [0.25, 0.3) is 0 Å². The van der Waals surface area contributed by atoms with Crippen molar-refractivity contribution in [1.29, 1.82) is 0 Å². The first kappa shape index (κ1) is 9.14. The van der Waals surface area contributed by atoms with Crippen LogP contribution in [0, 0.1) is 5.92 Å². The van der Waals surface area contributed by atoms with Gasteiger partial charge in [-0.3, -0.25) is 4.79 Å². The lowest BCUT2D eigenvalue weighted by atomic mass is 10.0. The van der Waals surface area contributed by atoms with Crippen molar-refractivity contribution in [3.8, 4) is 0 Å². The molecule has 0 bridgehead atoms. The maximum absolute atomic E-state index is 10.3. The maximum atomic E-state index is 10.3. The molecular weight excluding hydrogens is 132 g/mol. The number of hydrogen-bond donors (Lipinski definition) is 1. The topological polar surface area (TPSA) is 54.4 Å². The highest BCUT2D eigenvalue weighted by molar-refractivity contribution is 5.73. The molecule has 0 aromatic heterocycles. The highest BCUT2D eigenvalue weighted by Crippen LogP contribution is 2.08. The molecule has 0 aliphatic carbocycles. The zero-order valence-corrected chi connectivity index (χ0v) is 6.04. The van der Waals surface area contributed by atoms with Crippen LogP contribution in [0.15, 0.2) is 0 Å². The minimum absolute atomic E-state index is 0.142. The van der Waals surface area contributed by atoms with Crippen molar-refractivity contribution in [1.82, 2.24) is 0 Å². The molecule has 0 aromatic rings. The van der Waals surface area contributed by atoms with Crippen LogP contribution < -0.4 is 0 Å². The van der Waals surface area contributed by atoms with Crippen LogP contribution in [0.2, 0.25) is 0 Å². The number of hydrogen-bond acceptors (Lipinski definition) is 2. The van der Waals surface area contributed by atoms with E-state index in [0.717, 1.165) is 6.42 Å². The molecule has 0 heterocycles. The Bertz CT molecular complexity index is 120. The Labute approximate surface area is 60.0 Å². The summed E-state index contributed by atoms with van der Waals surface area (Å²) in [6, 6.07) is 0. The molecule has 0 aliphatic rings. The summed E-state index contributed by atoms with van der Waals surface area (Å²) in [4.78, 5) is 20.3. The predicted molar refractivity (Wildman–Crippen MR) is 36.7 cm³/mol. The Kier molecular flexibility index (Phi) is 4.54. The largest absolute Gasteiger partial charge is 0.481 e. The molecule has 3 heteroatoms. The quantitative estimate of drug-likeness (QED) is 0.587. The fourth-order valence-corrected chi connectivity index (χ4v) is 0.807. The van der Waals surface area contributed by atoms with Crippen LogP contribution in [-0.2, 0) is 9.59 Å². The second-order valence-electron chi connectivity index (χ2n) is 2.23. The van der Waals surface area contributed by atoms with Gasteiger partial charge in [0.15, 0.2) is 0 Å². The van der Waals surface area contributed by atoms with E-state index in [2.05, 4.69) is 0 Å². The van der Waals surface area contributed by atoms with Crippen molar-refractivity contribution in [3.63, 3.8) is 0 Å². The third kappa shape index (κ3) is 3.22. The summed E-state index contributed by atoms with van der Waals surface area (Å²) in [5.74, 6) is -1.34. The predicted octanol–water partition coefficient (Wildman–Crippen LogP) is 1.08. The van der Waals surface area contributed by atoms with Gasteiger partial charge in [-0.05, 0) is 6.42 Å². The monoisotopic (exact) mass is 144 g/mol. The molecule has 0 amide bonds. The van der Waals surface area contributed by atoms with Crippen molar-refractivity contribution < 1.29 is 14.7 Å². The molecule has 3 nitrogen and oxygen atoms in total. The van der Waals surface area contributed by atoms with Crippen molar-refractivity contribution in [2.45, 2.75) is 26.2 Å². The van der Waals surface area contributed by atoms with E-state index < -0.39 is 11.9 Å². The van der Waals surface area contributed by atoms with E-state index in [1.165, 1.54) is 0 Å². The van der Waals surface area contributed by atoms with Gasteiger partial charge in [0.25, 0.3) is 0 Å². The third-order valence-electron chi connectivity index (χ3n) is 1.37. The first-order valence-corrected chi connectivity index (χ1v) is 3.38. The van der Waals surface area contributed by atoms with Gasteiger partial charge >= 0.3 is 5.97 Å². The Hall–Kier alpha value is -0.860. The summed E-state index contributed by atoms with van der Waals surface area (Å²) >= 11 is 0. The van der Waals surface area contributed by atoms with Gasteiger partial charge in [0.1, 0.15) is 6.29 Å². The summed E-state index contributed by atoms with van der Waals surface area (Å²) in [7, 11) is 0. The van der Waals surface area contributed by atoms with Crippen LogP contribution in [0.5, 0.6) is 0 Å². The Balaban J connectivity index is 3.71. The lowest BCUT2D eigenvalue weighted by Gasteiger charge is -2.04. The third-order valence-corrected chi connectivity index (χ3v) is 1.37. The number of carbonyl (C=O) groups is 2. The first-order chi connectivity index (χ1) is 4.72. The fraction of sp³-hybridized carbons (Fsp3) is 0.714. The van der Waals surface area contributed by atoms with E-state index >= 15 is 0 Å². The van der Waals surface area contributed by atoms with Crippen LogP contribution in [0.3, 0.4) is 0 Å². The SMILES string of the molecule is CCC[C@@H](CC=O)C(=O)O. The molecule has 0 spiro atoms. The van der Waals surface area contributed by atoms with E-state index in [1.807, 2.05) is 6.92 Å². The molecule has 0 radical (unpaired) electrons. The highest BCUT2D eigenvalue weighted by atomic mass is 16.4.